The summed E-state index contributed by atoms with van der Waals surface area (Å²) < 4.78 is 22.8. The first kappa shape index (κ1) is 14.2. The van der Waals surface area contributed by atoms with Crippen LogP contribution in [0.1, 0.15) is 5.56 Å². The van der Waals surface area contributed by atoms with E-state index in [4.69, 9.17) is 5.84 Å². The van der Waals surface area contributed by atoms with Gasteiger partial charge in [0.2, 0.25) is 0 Å². The topological polar surface area (TPSA) is 84.5 Å². The monoisotopic (exact) mass is 289 g/mol. The van der Waals surface area contributed by atoms with Gasteiger partial charge in [0.1, 0.15) is 5.84 Å². The molecule has 2 aromatic carbocycles. The smallest absolute Gasteiger partial charge is 0.175 e. The molecule has 20 heavy (non-hydrogen) atoms. The molecular formula is C14H15N3O2S. The van der Waals surface area contributed by atoms with E-state index in [-0.39, 0.29) is 4.90 Å². The van der Waals surface area contributed by atoms with Crippen molar-refractivity contribution in [2.45, 2.75) is 4.90 Å². The molecule has 0 aliphatic heterocycles. The van der Waals surface area contributed by atoms with Crippen LogP contribution in [-0.2, 0) is 9.84 Å². The molecule has 0 atom stereocenters. The molecule has 0 saturated carbocycles. The minimum Gasteiger partial charge on any atom is -0.308 e. The van der Waals surface area contributed by atoms with E-state index in [9.17, 15) is 8.42 Å². The predicted octanol–water partition coefficient (Wildman–Crippen LogP) is 1.63. The van der Waals surface area contributed by atoms with Gasteiger partial charge in [0.15, 0.2) is 9.84 Å². The molecule has 0 saturated heterocycles. The molecule has 2 aromatic rings. The fourth-order valence-electron chi connectivity index (χ4n) is 1.67. The second-order valence-electron chi connectivity index (χ2n) is 4.24. The average molecular weight is 289 g/mol. The molecule has 0 unspecified atom stereocenters. The van der Waals surface area contributed by atoms with Crippen LogP contribution in [0.2, 0.25) is 0 Å². The number of para-hydroxylation sites is 1. The number of nitrogens with two attached hydrogens (primary N) is 1. The van der Waals surface area contributed by atoms with E-state index in [2.05, 4.69) is 10.4 Å². The number of sulfone groups is 1. The van der Waals surface area contributed by atoms with E-state index in [1.807, 2.05) is 30.3 Å². The Morgan fingerprint density at radius 3 is 2.15 bits per heavy atom. The van der Waals surface area contributed by atoms with Gasteiger partial charge in [0, 0.05) is 11.8 Å². The lowest BCUT2D eigenvalue weighted by Gasteiger charge is -2.07. The van der Waals surface area contributed by atoms with E-state index in [1.165, 1.54) is 18.4 Å². The number of hydrogen-bond acceptors (Lipinski definition) is 4. The molecule has 0 heterocycles. The van der Waals surface area contributed by atoms with Gasteiger partial charge in [0.25, 0.3) is 0 Å². The lowest BCUT2D eigenvalue weighted by Crippen LogP contribution is -2.30. The van der Waals surface area contributed by atoms with Crippen molar-refractivity contribution in [3.8, 4) is 0 Å². The molecule has 0 aromatic heterocycles. The van der Waals surface area contributed by atoms with Gasteiger partial charge in [-0.05, 0) is 36.4 Å². The third kappa shape index (κ3) is 3.43. The van der Waals surface area contributed by atoms with Crippen LogP contribution in [-0.4, -0.2) is 20.5 Å². The summed E-state index contributed by atoms with van der Waals surface area (Å²) in [7, 11) is -3.20. The lowest BCUT2D eigenvalue weighted by molar-refractivity contribution is 0.602. The van der Waals surface area contributed by atoms with Crippen molar-refractivity contribution in [1.82, 2.24) is 5.43 Å². The van der Waals surface area contributed by atoms with Gasteiger partial charge in [-0.3, -0.25) is 0 Å². The first-order chi connectivity index (χ1) is 9.50. The Labute approximate surface area is 118 Å². The number of aliphatic imine (C=N–C) groups is 1. The van der Waals surface area contributed by atoms with Gasteiger partial charge in [-0.1, -0.05) is 18.2 Å². The summed E-state index contributed by atoms with van der Waals surface area (Å²) in [5, 5.41) is 0. The number of hydrogen-bond donors (Lipinski definition) is 2. The molecule has 3 N–H and O–H groups in total. The average Bonchev–Trinajstić information content (AvgIpc) is 2.45. The van der Waals surface area contributed by atoms with Gasteiger partial charge in [0.05, 0.1) is 10.6 Å². The number of amidine groups is 1. The van der Waals surface area contributed by atoms with Crippen LogP contribution >= 0.6 is 0 Å². The Kier molecular flexibility index (Phi) is 4.16. The van der Waals surface area contributed by atoms with Gasteiger partial charge in [-0.25, -0.2) is 19.3 Å². The standard InChI is InChI=1S/C14H15N3O2S/c1-20(18,19)13-9-7-11(8-10-13)14(17-15)16-12-5-3-2-4-6-12/h2-10H,15H2,1H3,(H,16,17). The summed E-state index contributed by atoms with van der Waals surface area (Å²) in [5.41, 5.74) is 3.99. The van der Waals surface area contributed by atoms with Crippen LogP contribution in [0.3, 0.4) is 0 Å². The van der Waals surface area contributed by atoms with Crippen molar-refractivity contribution in [3.63, 3.8) is 0 Å². The minimum atomic E-state index is -3.20. The zero-order chi connectivity index (χ0) is 14.6. The highest BCUT2D eigenvalue weighted by Crippen LogP contribution is 2.14. The predicted molar refractivity (Wildman–Crippen MR) is 79.5 cm³/mol. The molecule has 0 aliphatic rings. The van der Waals surface area contributed by atoms with Crippen LogP contribution in [0.15, 0.2) is 64.5 Å². The van der Waals surface area contributed by atoms with Crippen LogP contribution in [0.5, 0.6) is 0 Å². The molecule has 0 spiro atoms. The van der Waals surface area contributed by atoms with Crippen molar-refractivity contribution in [3.05, 3.63) is 60.2 Å². The molecule has 2 rings (SSSR count). The third-order valence-electron chi connectivity index (χ3n) is 2.69. The highest BCUT2D eigenvalue weighted by molar-refractivity contribution is 7.90. The van der Waals surface area contributed by atoms with E-state index >= 15 is 0 Å². The summed E-state index contributed by atoms with van der Waals surface area (Å²) >= 11 is 0. The van der Waals surface area contributed by atoms with Gasteiger partial charge >= 0.3 is 0 Å². The van der Waals surface area contributed by atoms with Crippen molar-refractivity contribution < 1.29 is 8.42 Å². The second kappa shape index (κ2) is 5.85. The molecule has 0 aliphatic carbocycles. The summed E-state index contributed by atoms with van der Waals surface area (Å²) in [4.78, 5) is 4.63. The summed E-state index contributed by atoms with van der Waals surface area (Å²) in [6.07, 6.45) is 1.17. The zero-order valence-corrected chi connectivity index (χ0v) is 11.8. The molecule has 0 radical (unpaired) electrons. The maximum Gasteiger partial charge on any atom is 0.175 e. The van der Waals surface area contributed by atoms with Gasteiger partial charge in [-0.15, -0.1) is 0 Å². The number of benzene rings is 2. The Morgan fingerprint density at radius 1 is 1.05 bits per heavy atom. The Hall–Kier alpha value is -2.18. The molecule has 0 fully saturated rings. The van der Waals surface area contributed by atoms with Crippen molar-refractivity contribution in [2.75, 3.05) is 6.26 Å². The van der Waals surface area contributed by atoms with Gasteiger partial charge in [-0.2, -0.15) is 0 Å². The van der Waals surface area contributed by atoms with E-state index in [0.29, 0.717) is 11.4 Å². The van der Waals surface area contributed by atoms with Crippen LogP contribution in [0, 0.1) is 0 Å². The summed E-state index contributed by atoms with van der Waals surface area (Å²) in [6.45, 7) is 0. The molecule has 5 nitrogen and oxygen atoms in total. The largest absolute Gasteiger partial charge is 0.308 e. The highest BCUT2D eigenvalue weighted by atomic mass is 32.2. The Morgan fingerprint density at radius 2 is 1.65 bits per heavy atom. The van der Waals surface area contributed by atoms with E-state index in [1.54, 1.807) is 12.1 Å². The number of nitrogens with zero attached hydrogens (tertiary/aromatic N) is 1. The first-order valence-corrected chi connectivity index (χ1v) is 7.81. The van der Waals surface area contributed by atoms with Crippen molar-refractivity contribution in [2.24, 2.45) is 10.8 Å². The van der Waals surface area contributed by atoms with E-state index < -0.39 is 9.84 Å². The number of hydrazine groups is 1. The van der Waals surface area contributed by atoms with Crippen LogP contribution in [0.25, 0.3) is 0 Å². The van der Waals surface area contributed by atoms with Crippen molar-refractivity contribution in [1.29, 1.82) is 0 Å². The highest BCUT2D eigenvalue weighted by Gasteiger charge is 2.08. The maximum absolute atomic E-state index is 11.4. The number of rotatable bonds is 3. The fraction of sp³-hybridized carbons (Fsp3) is 0.0714. The van der Waals surface area contributed by atoms with Gasteiger partial charge < -0.3 is 5.43 Å². The van der Waals surface area contributed by atoms with Crippen LogP contribution in [0.4, 0.5) is 5.69 Å². The maximum atomic E-state index is 11.4. The molecule has 0 bridgehead atoms. The lowest BCUT2D eigenvalue weighted by atomic mass is 10.2. The van der Waals surface area contributed by atoms with Crippen molar-refractivity contribution >= 4 is 21.4 Å². The Bertz CT molecular complexity index is 708. The molecule has 6 heteroatoms. The quantitative estimate of drug-likeness (QED) is 0.389. The molecule has 0 amide bonds. The van der Waals surface area contributed by atoms with Crippen LogP contribution < -0.4 is 11.3 Å². The molecule has 104 valence electrons. The normalized spacial score (nSPS) is 12.2. The molecular weight excluding hydrogens is 274 g/mol. The first-order valence-electron chi connectivity index (χ1n) is 5.91. The zero-order valence-electron chi connectivity index (χ0n) is 10.9. The second-order valence-corrected chi connectivity index (χ2v) is 6.25. The minimum absolute atomic E-state index is 0.261. The third-order valence-corrected chi connectivity index (χ3v) is 3.82. The Balaban J connectivity index is 2.36. The number of nitrogens with one attached hydrogen (secondary N) is 1. The van der Waals surface area contributed by atoms with E-state index in [0.717, 1.165) is 5.69 Å². The summed E-state index contributed by atoms with van der Waals surface area (Å²) in [6, 6.07) is 15.7. The SMILES string of the molecule is CS(=O)(=O)c1ccc(C(=Nc2ccccc2)NN)cc1. The summed E-state index contributed by atoms with van der Waals surface area (Å²) in [5.74, 6) is 5.95. The fourth-order valence-corrected chi connectivity index (χ4v) is 2.30.